The highest BCUT2D eigenvalue weighted by molar-refractivity contribution is 7.89. The lowest BCUT2D eigenvalue weighted by atomic mass is 10.0. The molecule has 3 rings (SSSR count). The quantitative estimate of drug-likeness (QED) is 0.533. The number of benzene rings is 1. The van der Waals surface area contributed by atoms with Crippen LogP contribution in [0.1, 0.15) is 31.0 Å². The number of hydrogen-bond donors (Lipinski definition) is 2. The molecule has 2 heterocycles. The molecular formula is C21H29N5O2S. The summed E-state index contributed by atoms with van der Waals surface area (Å²) >= 11 is 0. The van der Waals surface area contributed by atoms with Crippen LogP contribution >= 0.6 is 0 Å². The monoisotopic (exact) mass is 415 g/mol. The summed E-state index contributed by atoms with van der Waals surface area (Å²) in [7, 11) is -3.43. The van der Waals surface area contributed by atoms with Crippen LogP contribution < -0.4 is 11.1 Å². The first-order valence-corrected chi connectivity index (χ1v) is 11.4. The molecule has 7 nitrogen and oxygen atoms in total. The number of hydrogen-bond acceptors (Lipinski definition) is 4. The van der Waals surface area contributed by atoms with Gasteiger partial charge in [0.2, 0.25) is 10.0 Å². The Kier molecular flexibility index (Phi) is 7.22. The summed E-state index contributed by atoms with van der Waals surface area (Å²) in [4.78, 5) is 8.92. The predicted molar refractivity (Wildman–Crippen MR) is 115 cm³/mol. The van der Waals surface area contributed by atoms with Crippen molar-refractivity contribution in [2.75, 3.05) is 19.6 Å². The van der Waals surface area contributed by atoms with E-state index in [1.807, 2.05) is 18.2 Å². The van der Waals surface area contributed by atoms with Gasteiger partial charge in [-0.05, 0) is 48.6 Å². The van der Waals surface area contributed by atoms with Crippen molar-refractivity contribution in [3.05, 3.63) is 59.9 Å². The second-order valence-electron chi connectivity index (χ2n) is 7.45. The summed E-state index contributed by atoms with van der Waals surface area (Å²) < 4.78 is 27.2. The standard InChI is InChI=1S/C21H29N5O2S/c1-17-5-4-14-26(16-17)29(27,28)20-9-7-18(8-10-20)15-25-21(22)24-13-11-19-6-2-3-12-23-19/h2-3,6-10,12,17H,4-5,11,13-16H2,1H3,(H3,22,24,25). The van der Waals surface area contributed by atoms with Crippen molar-refractivity contribution in [3.8, 4) is 0 Å². The highest BCUT2D eigenvalue weighted by Gasteiger charge is 2.28. The Balaban J connectivity index is 1.52. The van der Waals surface area contributed by atoms with Crippen LogP contribution in [0.5, 0.6) is 0 Å². The third-order valence-corrected chi connectivity index (χ3v) is 6.91. The number of pyridine rings is 1. The van der Waals surface area contributed by atoms with Crippen molar-refractivity contribution in [3.63, 3.8) is 0 Å². The molecule has 2 aromatic rings. The zero-order valence-electron chi connectivity index (χ0n) is 16.8. The molecule has 156 valence electrons. The highest BCUT2D eigenvalue weighted by atomic mass is 32.2. The highest BCUT2D eigenvalue weighted by Crippen LogP contribution is 2.23. The molecule has 1 saturated heterocycles. The number of nitrogens with one attached hydrogen (secondary N) is 1. The number of guanidine groups is 1. The number of aliphatic imine (C=N–C) groups is 1. The first kappa shape index (κ1) is 21.3. The molecule has 0 aliphatic carbocycles. The van der Waals surface area contributed by atoms with Gasteiger partial charge in [-0.25, -0.2) is 13.4 Å². The Hall–Kier alpha value is -2.45. The third-order valence-electron chi connectivity index (χ3n) is 5.03. The smallest absolute Gasteiger partial charge is 0.243 e. The van der Waals surface area contributed by atoms with E-state index in [9.17, 15) is 8.42 Å². The molecule has 8 heteroatoms. The fourth-order valence-corrected chi connectivity index (χ4v) is 4.98. The molecule has 1 aromatic carbocycles. The molecule has 0 amide bonds. The van der Waals surface area contributed by atoms with Gasteiger partial charge in [-0.2, -0.15) is 4.31 Å². The Labute approximate surface area is 173 Å². The zero-order chi connectivity index (χ0) is 20.7. The maximum Gasteiger partial charge on any atom is 0.243 e. The van der Waals surface area contributed by atoms with E-state index in [2.05, 4.69) is 22.2 Å². The molecule has 1 aromatic heterocycles. The first-order valence-electron chi connectivity index (χ1n) is 9.98. The van der Waals surface area contributed by atoms with Crippen LogP contribution in [0.2, 0.25) is 0 Å². The van der Waals surface area contributed by atoms with E-state index in [0.29, 0.717) is 43.0 Å². The van der Waals surface area contributed by atoms with Crippen molar-refractivity contribution in [1.82, 2.24) is 14.6 Å². The second-order valence-corrected chi connectivity index (χ2v) is 9.39. The Morgan fingerprint density at radius 1 is 1.28 bits per heavy atom. The Morgan fingerprint density at radius 3 is 2.76 bits per heavy atom. The zero-order valence-corrected chi connectivity index (χ0v) is 17.6. The van der Waals surface area contributed by atoms with E-state index in [4.69, 9.17) is 5.73 Å². The van der Waals surface area contributed by atoms with Gasteiger partial charge in [0, 0.05) is 37.9 Å². The maximum absolute atomic E-state index is 12.8. The molecule has 1 aliphatic heterocycles. The summed E-state index contributed by atoms with van der Waals surface area (Å²) in [5.41, 5.74) is 7.81. The van der Waals surface area contributed by atoms with Crippen LogP contribution in [-0.2, 0) is 23.0 Å². The van der Waals surface area contributed by atoms with Gasteiger partial charge in [-0.15, -0.1) is 0 Å². The summed E-state index contributed by atoms with van der Waals surface area (Å²) in [5, 5.41) is 3.07. The van der Waals surface area contributed by atoms with Crippen LogP contribution in [0, 0.1) is 5.92 Å². The predicted octanol–water partition coefficient (Wildman–Crippen LogP) is 2.15. The largest absolute Gasteiger partial charge is 0.370 e. The SMILES string of the molecule is CC1CCCN(S(=O)(=O)c2ccc(CN=C(N)NCCc3ccccn3)cc2)C1. The van der Waals surface area contributed by atoms with Crippen LogP contribution in [0.3, 0.4) is 0 Å². The van der Waals surface area contributed by atoms with Crippen molar-refractivity contribution in [1.29, 1.82) is 0 Å². The van der Waals surface area contributed by atoms with Gasteiger partial charge < -0.3 is 11.1 Å². The van der Waals surface area contributed by atoms with Crippen molar-refractivity contribution >= 4 is 16.0 Å². The van der Waals surface area contributed by atoms with E-state index < -0.39 is 10.0 Å². The lowest BCUT2D eigenvalue weighted by Crippen LogP contribution is -2.39. The van der Waals surface area contributed by atoms with Crippen LogP contribution in [0.25, 0.3) is 0 Å². The minimum Gasteiger partial charge on any atom is -0.370 e. The summed E-state index contributed by atoms with van der Waals surface area (Å²) in [6.45, 7) is 4.33. The Morgan fingerprint density at radius 2 is 2.07 bits per heavy atom. The molecule has 0 radical (unpaired) electrons. The topological polar surface area (TPSA) is 101 Å². The lowest BCUT2D eigenvalue weighted by Gasteiger charge is -2.30. The van der Waals surface area contributed by atoms with Gasteiger partial charge in [-0.3, -0.25) is 4.98 Å². The third kappa shape index (κ3) is 6.01. The second kappa shape index (κ2) is 9.84. The normalized spacial score (nSPS) is 18.5. The molecule has 3 N–H and O–H groups in total. The van der Waals surface area contributed by atoms with Crippen molar-refractivity contribution < 1.29 is 8.42 Å². The van der Waals surface area contributed by atoms with Crippen LogP contribution in [0.4, 0.5) is 0 Å². The molecule has 1 unspecified atom stereocenters. The summed E-state index contributed by atoms with van der Waals surface area (Å²) in [6, 6.07) is 12.7. The minimum atomic E-state index is -3.43. The number of nitrogens with two attached hydrogens (primary N) is 1. The first-order chi connectivity index (χ1) is 13.9. The average Bonchev–Trinajstić information content (AvgIpc) is 2.73. The van der Waals surface area contributed by atoms with Crippen molar-refractivity contribution in [2.24, 2.45) is 16.6 Å². The molecule has 29 heavy (non-hydrogen) atoms. The number of piperidine rings is 1. The van der Waals surface area contributed by atoms with E-state index in [0.717, 1.165) is 30.5 Å². The summed E-state index contributed by atoms with van der Waals surface area (Å²) in [5.74, 6) is 0.764. The molecule has 0 bridgehead atoms. The fourth-order valence-electron chi connectivity index (χ4n) is 3.38. The number of rotatable bonds is 7. The van der Waals surface area contributed by atoms with Crippen LogP contribution in [0.15, 0.2) is 58.5 Å². The van der Waals surface area contributed by atoms with Gasteiger partial charge in [-0.1, -0.05) is 25.1 Å². The number of nitrogens with zero attached hydrogens (tertiary/aromatic N) is 3. The molecule has 0 spiro atoms. The molecule has 0 saturated carbocycles. The van der Waals surface area contributed by atoms with Gasteiger partial charge in [0.05, 0.1) is 11.4 Å². The average molecular weight is 416 g/mol. The number of aromatic nitrogens is 1. The van der Waals surface area contributed by atoms with E-state index in [-0.39, 0.29) is 0 Å². The molecule has 1 aliphatic rings. The van der Waals surface area contributed by atoms with Crippen LogP contribution in [-0.4, -0.2) is 43.3 Å². The van der Waals surface area contributed by atoms with Gasteiger partial charge >= 0.3 is 0 Å². The fraction of sp³-hybridized carbons (Fsp3) is 0.429. The van der Waals surface area contributed by atoms with E-state index >= 15 is 0 Å². The molecular weight excluding hydrogens is 386 g/mol. The van der Waals surface area contributed by atoms with E-state index in [1.54, 1.807) is 34.8 Å². The van der Waals surface area contributed by atoms with Gasteiger partial charge in [0.15, 0.2) is 5.96 Å². The Bertz CT molecular complexity index is 914. The maximum atomic E-state index is 12.8. The van der Waals surface area contributed by atoms with Crippen molar-refractivity contribution in [2.45, 2.75) is 37.6 Å². The minimum absolute atomic E-state index is 0.334. The molecule has 1 fully saturated rings. The summed E-state index contributed by atoms with van der Waals surface area (Å²) in [6.07, 6.45) is 4.53. The van der Waals surface area contributed by atoms with Gasteiger partial charge in [0.25, 0.3) is 0 Å². The lowest BCUT2D eigenvalue weighted by molar-refractivity contribution is 0.281. The van der Waals surface area contributed by atoms with Gasteiger partial charge in [0.1, 0.15) is 0 Å². The van der Waals surface area contributed by atoms with E-state index in [1.165, 1.54) is 0 Å². The number of sulfonamides is 1. The molecule has 1 atom stereocenters.